The van der Waals surface area contributed by atoms with Gasteiger partial charge in [0.1, 0.15) is 6.54 Å². The van der Waals surface area contributed by atoms with E-state index in [9.17, 15) is 24.6 Å². The number of hydrogen-bond donors (Lipinski definition) is 1. The summed E-state index contributed by atoms with van der Waals surface area (Å²) in [6.07, 6.45) is -0.00910. The van der Waals surface area contributed by atoms with Crippen LogP contribution in [0.5, 0.6) is 0 Å². The van der Waals surface area contributed by atoms with Crippen molar-refractivity contribution in [2.45, 2.75) is 37.9 Å². The Morgan fingerprint density at radius 1 is 1.40 bits per heavy atom. The van der Waals surface area contributed by atoms with Crippen LogP contribution in [0.25, 0.3) is 0 Å². The summed E-state index contributed by atoms with van der Waals surface area (Å²) in [5.74, 6) is -2.29. The third kappa shape index (κ3) is 7.85. The van der Waals surface area contributed by atoms with Crippen LogP contribution in [0.15, 0.2) is 0 Å². The van der Waals surface area contributed by atoms with E-state index in [4.69, 9.17) is 4.74 Å². The number of carbonyl (C=O) groups excluding carboxylic acids is 3. The number of carbonyl (C=O) groups is 2. The minimum Gasteiger partial charge on any atom is -0.550 e. The van der Waals surface area contributed by atoms with Crippen molar-refractivity contribution < 1.29 is 33.8 Å². The van der Waals surface area contributed by atoms with Crippen molar-refractivity contribution in [3.05, 3.63) is 0 Å². The van der Waals surface area contributed by atoms with E-state index in [0.717, 1.165) is 0 Å². The molecule has 0 aromatic carbocycles. The van der Waals surface area contributed by atoms with E-state index >= 15 is 0 Å². The van der Waals surface area contributed by atoms with Gasteiger partial charge in [-0.25, -0.2) is 4.79 Å². The molecular formula is C13H22NO6. The Morgan fingerprint density at radius 2 is 1.95 bits per heavy atom. The molecule has 0 rings (SSSR count). The fraction of sp³-hybridized carbons (Fsp3) is 0.769. The summed E-state index contributed by atoms with van der Waals surface area (Å²) in [4.78, 5) is 32.7. The molecule has 0 aliphatic heterocycles. The molecule has 0 heterocycles. The molecule has 0 saturated carbocycles. The monoisotopic (exact) mass is 288 g/mol. The maximum atomic E-state index is 11.8. The highest BCUT2D eigenvalue weighted by Crippen LogP contribution is 2.16. The van der Waals surface area contributed by atoms with Gasteiger partial charge in [-0.2, -0.15) is 0 Å². The SMILES string of the molecule is C[C@](O)(CC[C]=O)C(=O)O[C@@H](CC(=O)[O-])C[N+](C)(C)C. The minimum atomic E-state index is -1.84. The van der Waals surface area contributed by atoms with Crippen LogP contribution in [0.1, 0.15) is 26.2 Å². The van der Waals surface area contributed by atoms with Crippen LogP contribution in [0.2, 0.25) is 0 Å². The standard InChI is InChI=1S/C13H22NO6/c1-13(19,6-5-7-15)12(18)20-10(8-11(16)17)9-14(2,3)4/h10,19H,5-6,8-9H2,1-4H3/t10-,13-/m0/s1. The van der Waals surface area contributed by atoms with Gasteiger partial charge in [-0.1, -0.05) is 0 Å². The normalized spacial score (nSPS) is 16.1. The molecule has 7 nitrogen and oxygen atoms in total. The molecule has 1 radical (unpaired) electrons. The second-order valence-electron chi connectivity index (χ2n) is 5.99. The molecule has 0 unspecified atom stereocenters. The molecule has 0 saturated heterocycles. The average Bonchev–Trinajstić information content (AvgIpc) is 2.22. The summed E-state index contributed by atoms with van der Waals surface area (Å²) in [5, 5.41) is 20.5. The average molecular weight is 288 g/mol. The van der Waals surface area contributed by atoms with Crippen molar-refractivity contribution in [2.75, 3.05) is 27.7 Å². The summed E-state index contributed by atoms with van der Waals surface area (Å²) in [6.45, 7) is 1.48. The molecule has 1 N–H and O–H groups in total. The van der Waals surface area contributed by atoms with Crippen molar-refractivity contribution in [3.8, 4) is 0 Å². The molecule has 0 aliphatic carbocycles. The molecule has 0 bridgehead atoms. The first kappa shape index (κ1) is 18.5. The molecule has 0 aliphatic rings. The molecule has 2 atom stereocenters. The molecule has 0 fully saturated rings. The molecule has 115 valence electrons. The Hall–Kier alpha value is -1.47. The lowest BCUT2D eigenvalue weighted by atomic mass is 10.0. The Kier molecular flexibility index (Phi) is 6.81. The van der Waals surface area contributed by atoms with E-state index in [2.05, 4.69) is 0 Å². The first-order valence-electron chi connectivity index (χ1n) is 6.26. The topological polar surface area (TPSA) is 104 Å². The van der Waals surface area contributed by atoms with E-state index < -0.39 is 30.1 Å². The van der Waals surface area contributed by atoms with Crippen molar-refractivity contribution in [1.29, 1.82) is 0 Å². The molecule has 0 amide bonds. The molecule has 0 aromatic heterocycles. The number of carboxylic acids is 1. The van der Waals surface area contributed by atoms with Gasteiger partial charge >= 0.3 is 5.97 Å². The largest absolute Gasteiger partial charge is 0.550 e. The van der Waals surface area contributed by atoms with Gasteiger partial charge in [0.2, 0.25) is 0 Å². The highest BCUT2D eigenvalue weighted by Gasteiger charge is 2.34. The zero-order chi connectivity index (χ0) is 16.0. The van der Waals surface area contributed by atoms with Crippen LogP contribution in [0.4, 0.5) is 0 Å². The number of hydrogen-bond acceptors (Lipinski definition) is 6. The molecular weight excluding hydrogens is 266 g/mol. The zero-order valence-electron chi connectivity index (χ0n) is 12.3. The minimum absolute atomic E-state index is 0.109. The predicted octanol–water partition coefficient (Wildman–Crippen LogP) is -1.61. The number of carboxylic acid groups (broad SMARTS) is 1. The molecule has 0 aromatic rings. The van der Waals surface area contributed by atoms with E-state index in [1.54, 1.807) is 6.29 Å². The Balaban J connectivity index is 4.74. The number of aliphatic carboxylic acids is 1. The number of nitrogens with zero attached hydrogens (tertiary/aromatic N) is 1. The number of ether oxygens (including phenoxy) is 1. The molecule has 20 heavy (non-hydrogen) atoms. The number of aliphatic hydroxyl groups is 1. The number of likely N-dealkylation sites (N-methyl/N-ethyl adjacent to an activating group) is 1. The van der Waals surface area contributed by atoms with Crippen LogP contribution in [-0.4, -0.2) is 67.2 Å². The van der Waals surface area contributed by atoms with Gasteiger partial charge in [-0.3, -0.25) is 4.79 Å². The summed E-state index contributed by atoms with van der Waals surface area (Å²) in [6, 6.07) is 0. The van der Waals surface area contributed by atoms with Gasteiger partial charge < -0.3 is 24.2 Å². The highest BCUT2D eigenvalue weighted by molar-refractivity contribution is 5.79. The van der Waals surface area contributed by atoms with Crippen LogP contribution in [0.3, 0.4) is 0 Å². The summed E-state index contributed by atoms with van der Waals surface area (Å²) < 4.78 is 5.43. The van der Waals surface area contributed by atoms with Gasteiger partial charge in [0, 0.05) is 18.8 Å². The van der Waals surface area contributed by atoms with Gasteiger partial charge in [0.05, 0.1) is 21.1 Å². The van der Waals surface area contributed by atoms with Crippen molar-refractivity contribution >= 4 is 18.2 Å². The van der Waals surface area contributed by atoms with E-state index in [1.807, 2.05) is 21.1 Å². The first-order valence-corrected chi connectivity index (χ1v) is 6.26. The highest BCUT2D eigenvalue weighted by atomic mass is 16.6. The Bertz CT molecular complexity index is 358. The van der Waals surface area contributed by atoms with Crippen molar-refractivity contribution in [1.82, 2.24) is 0 Å². The van der Waals surface area contributed by atoms with Crippen LogP contribution >= 0.6 is 0 Å². The van der Waals surface area contributed by atoms with E-state index in [1.165, 1.54) is 6.92 Å². The second-order valence-corrected chi connectivity index (χ2v) is 5.99. The first-order chi connectivity index (χ1) is 8.98. The number of rotatable bonds is 9. The second kappa shape index (κ2) is 7.35. The Labute approximate surface area is 118 Å². The van der Waals surface area contributed by atoms with E-state index in [0.29, 0.717) is 4.48 Å². The predicted molar refractivity (Wildman–Crippen MR) is 68.0 cm³/mol. The third-order valence-electron chi connectivity index (χ3n) is 2.57. The van der Waals surface area contributed by atoms with Gasteiger partial charge in [0.25, 0.3) is 0 Å². The van der Waals surface area contributed by atoms with Gasteiger partial charge in [-0.15, -0.1) is 0 Å². The molecule has 0 spiro atoms. The maximum absolute atomic E-state index is 11.8. The molecule has 7 heteroatoms. The lowest BCUT2D eigenvalue weighted by molar-refractivity contribution is -0.873. The lowest BCUT2D eigenvalue weighted by Gasteiger charge is -2.31. The smallest absolute Gasteiger partial charge is 0.338 e. The van der Waals surface area contributed by atoms with E-state index in [-0.39, 0.29) is 19.4 Å². The van der Waals surface area contributed by atoms with Crippen LogP contribution in [0, 0.1) is 0 Å². The fourth-order valence-corrected chi connectivity index (χ4v) is 1.62. The van der Waals surface area contributed by atoms with Crippen LogP contribution < -0.4 is 5.11 Å². The quantitative estimate of drug-likeness (QED) is 0.404. The summed E-state index contributed by atoms with van der Waals surface area (Å²) in [5.41, 5.74) is -1.84. The Morgan fingerprint density at radius 3 is 2.35 bits per heavy atom. The van der Waals surface area contributed by atoms with Gasteiger partial charge in [-0.05, 0) is 13.3 Å². The number of esters is 1. The van der Waals surface area contributed by atoms with Crippen molar-refractivity contribution in [3.63, 3.8) is 0 Å². The van der Waals surface area contributed by atoms with Crippen LogP contribution in [-0.2, 0) is 19.1 Å². The fourth-order valence-electron chi connectivity index (χ4n) is 1.62. The van der Waals surface area contributed by atoms with Crippen molar-refractivity contribution in [2.24, 2.45) is 0 Å². The third-order valence-corrected chi connectivity index (χ3v) is 2.57. The summed E-state index contributed by atoms with van der Waals surface area (Å²) in [7, 11) is 5.45. The maximum Gasteiger partial charge on any atom is 0.338 e. The zero-order valence-corrected chi connectivity index (χ0v) is 12.3. The number of quaternary nitrogens is 1. The summed E-state index contributed by atoms with van der Waals surface area (Å²) >= 11 is 0. The lowest BCUT2D eigenvalue weighted by Crippen LogP contribution is -2.48. The van der Waals surface area contributed by atoms with Gasteiger partial charge in [0.15, 0.2) is 18.0 Å².